The van der Waals surface area contributed by atoms with Crippen LogP contribution >= 0.6 is 0 Å². The van der Waals surface area contributed by atoms with Gasteiger partial charge in [0.25, 0.3) is 0 Å². The van der Waals surface area contributed by atoms with Crippen LogP contribution < -0.4 is 0 Å². The van der Waals surface area contributed by atoms with Gasteiger partial charge in [0.05, 0.1) is 0 Å². The van der Waals surface area contributed by atoms with E-state index < -0.39 is 5.97 Å². The first kappa shape index (κ1) is 26.7. The quantitative estimate of drug-likeness (QED) is 0.157. The van der Waals surface area contributed by atoms with E-state index in [1.165, 1.54) is 83.5 Å². The topological polar surface area (TPSA) is 37.3 Å². The van der Waals surface area contributed by atoms with E-state index in [-0.39, 0.29) is 0 Å². The van der Waals surface area contributed by atoms with Crippen molar-refractivity contribution in [1.29, 1.82) is 0 Å². The summed E-state index contributed by atoms with van der Waals surface area (Å²) in [6, 6.07) is 0. The van der Waals surface area contributed by atoms with E-state index in [1.54, 1.807) is 0 Å². The highest BCUT2D eigenvalue weighted by molar-refractivity contribution is 5.66. The van der Waals surface area contributed by atoms with Crippen LogP contribution in [0.3, 0.4) is 0 Å². The van der Waals surface area contributed by atoms with Gasteiger partial charge in [-0.1, -0.05) is 108 Å². The summed E-state index contributed by atoms with van der Waals surface area (Å²) in [6.45, 7) is 2.26. The summed E-state index contributed by atoms with van der Waals surface area (Å²) in [7, 11) is 0. The SMILES string of the molecule is CCCCCCC/C=C\C/C=C\C/C=C\CCCCCCCCCCC(=O)O. The first-order chi connectivity index (χ1) is 13.8. The molecule has 0 fully saturated rings. The zero-order valence-corrected chi connectivity index (χ0v) is 18.5. The summed E-state index contributed by atoms with van der Waals surface area (Å²) >= 11 is 0. The molecule has 0 aliphatic carbocycles. The molecule has 0 spiro atoms. The van der Waals surface area contributed by atoms with Gasteiger partial charge in [-0.2, -0.15) is 0 Å². The van der Waals surface area contributed by atoms with Gasteiger partial charge < -0.3 is 5.11 Å². The van der Waals surface area contributed by atoms with Crippen molar-refractivity contribution in [2.45, 2.75) is 122 Å². The lowest BCUT2D eigenvalue weighted by atomic mass is 10.1. The third kappa shape index (κ3) is 24.7. The molecule has 0 radical (unpaired) electrons. The van der Waals surface area contributed by atoms with Gasteiger partial charge >= 0.3 is 5.97 Å². The summed E-state index contributed by atoms with van der Waals surface area (Å²) in [4.78, 5) is 10.4. The fourth-order valence-corrected chi connectivity index (χ4v) is 3.24. The van der Waals surface area contributed by atoms with Crippen molar-refractivity contribution in [3.63, 3.8) is 0 Å². The van der Waals surface area contributed by atoms with Crippen LogP contribution in [0, 0.1) is 0 Å². The number of hydrogen-bond donors (Lipinski definition) is 1. The molecule has 0 rings (SSSR count). The van der Waals surface area contributed by atoms with Crippen LogP contribution in [0.5, 0.6) is 0 Å². The summed E-state index contributed by atoms with van der Waals surface area (Å²) in [5.41, 5.74) is 0. The predicted molar refractivity (Wildman–Crippen MR) is 124 cm³/mol. The Labute approximate surface area is 175 Å². The summed E-state index contributed by atoms with van der Waals surface area (Å²) in [5, 5.41) is 8.57. The van der Waals surface area contributed by atoms with Gasteiger partial charge in [-0.3, -0.25) is 4.79 Å². The lowest BCUT2D eigenvalue weighted by Crippen LogP contribution is -1.93. The molecule has 28 heavy (non-hydrogen) atoms. The Hall–Kier alpha value is -1.31. The van der Waals surface area contributed by atoms with E-state index in [2.05, 4.69) is 43.4 Å². The molecule has 1 N–H and O–H groups in total. The molecule has 0 aromatic rings. The Balaban J connectivity index is 3.24. The summed E-state index contributed by atoms with van der Waals surface area (Å²) < 4.78 is 0. The van der Waals surface area contributed by atoms with Gasteiger partial charge in [-0.15, -0.1) is 0 Å². The first-order valence-electron chi connectivity index (χ1n) is 11.9. The van der Waals surface area contributed by atoms with Crippen molar-refractivity contribution in [3.05, 3.63) is 36.5 Å². The molecular weight excluding hydrogens is 344 g/mol. The van der Waals surface area contributed by atoms with Gasteiger partial charge in [-0.05, 0) is 44.9 Å². The minimum Gasteiger partial charge on any atom is -0.481 e. The number of unbranched alkanes of at least 4 members (excludes halogenated alkanes) is 13. The fraction of sp³-hybridized carbons (Fsp3) is 0.731. The highest BCUT2D eigenvalue weighted by atomic mass is 16.4. The number of hydrogen-bond acceptors (Lipinski definition) is 1. The lowest BCUT2D eigenvalue weighted by molar-refractivity contribution is -0.137. The van der Waals surface area contributed by atoms with Gasteiger partial charge in [0.2, 0.25) is 0 Å². The lowest BCUT2D eigenvalue weighted by Gasteiger charge is -2.00. The molecule has 0 unspecified atom stereocenters. The van der Waals surface area contributed by atoms with Crippen molar-refractivity contribution in [2.24, 2.45) is 0 Å². The Kier molecular flexibility index (Phi) is 22.6. The normalized spacial score (nSPS) is 12.0. The van der Waals surface area contributed by atoms with E-state index in [0.29, 0.717) is 6.42 Å². The molecule has 0 saturated carbocycles. The Morgan fingerprint density at radius 3 is 1.43 bits per heavy atom. The van der Waals surface area contributed by atoms with Crippen molar-refractivity contribution < 1.29 is 9.90 Å². The average Bonchev–Trinajstić information content (AvgIpc) is 2.68. The summed E-state index contributed by atoms with van der Waals surface area (Å²) in [6.07, 6.45) is 35.1. The second kappa shape index (κ2) is 23.7. The van der Waals surface area contributed by atoms with Crippen LogP contribution in [-0.2, 0) is 4.79 Å². The second-order valence-corrected chi connectivity index (χ2v) is 7.85. The van der Waals surface area contributed by atoms with Gasteiger partial charge in [0.15, 0.2) is 0 Å². The molecule has 0 aromatic carbocycles. The first-order valence-corrected chi connectivity index (χ1v) is 11.9. The number of carbonyl (C=O) groups is 1. The number of carboxylic acid groups (broad SMARTS) is 1. The maximum Gasteiger partial charge on any atom is 0.303 e. The molecule has 0 atom stereocenters. The predicted octanol–water partition coefficient (Wildman–Crippen LogP) is 8.78. The Bertz CT molecular complexity index is 407. The molecule has 2 heteroatoms. The number of carboxylic acids is 1. The van der Waals surface area contributed by atoms with E-state index in [1.807, 2.05) is 0 Å². The molecular formula is C26H46O2. The van der Waals surface area contributed by atoms with Crippen LogP contribution in [0.1, 0.15) is 122 Å². The van der Waals surface area contributed by atoms with Crippen molar-refractivity contribution in [3.8, 4) is 0 Å². The fourth-order valence-electron chi connectivity index (χ4n) is 3.24. The van der Waals surface area contributed by atoms with Crippen LogP contribution in [-0.4, -0.2) is 11.1 Å². The Morgan fingerprint density at radius 1 is 0.571 bits per heavy atom. The van der Waals surface area contributed by atoms with E-state index in [9.17, 15) is 4.79 Å². The smallest absolute Gasteiger partial charge is 0.303 e. The molecule has 0 aliphatic heterocycles. The molecule has 0 saturated heterocycles. The van der Waals surface area contributed by atoms with Crippen molar-refractivity contribution in [1.82, 2.24) is 0 Å². The zero-order valence-electron chi connectivity index (χ0n) is 18.5. The third-order valence-corrected chi connectivity index (χ3v) is 5.03. The molecule has 162 valence electrons. The maximum absolute atomic E-state index is 10.4. The molecule has 0 aliphatic rings. The van der Waals surface area contributed by atoms with Gasteiger partial charge in [0.1, 0.15) is 0 Å². The number of rotatable bonds is 21. The monoisotopic (exact) mass is 390 g/mol. The zero-order chi connectivity index (χ0) is 20.5. The minimum atomic E-state index is -0.663. The third-order valence-electron chi connectivity index (χ3n) is 5.03. The largest absolute Gasteiger partial charge is 0.481 e. The van der Waals surface area contributed by atoms with Crippen molar-refractivity contribution in [2.75, 3.05) is 0 Å². The highest BCUT2D eigenvalue weighted by Gasteiger charge is 1.96. The van der Waals surface area contributed by atoms with Gasteiger partial charge in [0, 0.05) is 6.42 Å². The average molecular weight is 391 g/mol. The van der Waals surface area contributed by atoms with E-state index in [0.717, 1.165) is 25.7 Å². The molecule has 0 amide bonds. The van der Waals surface area contributed by atoms with Crippen LogP contribution in [0.2, 0.25) is 0 Å². The number of aliphatic carboxylic acids is 1. The maximum atomic E-state index is 10.4. The molecule has 0 aromatic heterocycles. The standard InChI is InChI=1S/C26H46O2/c1-2-3-4-5-6-7-8-9-10-11-12-13-14-15-16-17-18-19-20-21-22-23-24-25-26(27)28/h8-9,11-12,14-15H,2-7,10,13,16-25H2,1H3,(H,27,28)/b9-8-,12-11-,15-14-. The molecule has 0 heterocycles. The van der Waals surface area contributed by atoms with E-state index in [4.69, 9.17) is 5.11 Å². The second-order valence-electron chi connectivity index (χ2n) is 7.85. The van der Waals surface area contributed by atoms with Crippen LogP contribution in [0.4, 0.5) is 0 Å². The van der Waals surface area contributed by atoms with E-state index >= 15 is 0 Å². The van der Waals surface area contributed by atoms with Crippen molar-refractivity contribution >= 4 is 5.97 Å². The van der Waals surface area contributed by atoms with Gasteiger partial charge in [-0.25, -0.2) is 0 Å². The summed E-state index contributed by atoms with van der Waals surface area (Å²) in [5.74, 6) is -0.663. The highest BCUT2D eigenvalue weighted by Crippen LogP contribution is 2.11. The minimum absolute atomic E-state index is 0.331. The van der Waals surface area contributed by atoms with Crippen LogP contribution in [0.25, 0.3) is 0 Å². The number of allylic oxidation sites excluding steroid dienone is 6. The van der Waals surface area contributed by atoms with Crippen LogP contribution in [0.15, 0.2) is 36.5 Å². The Morgan fingerprint density at radius 2 is 0.964 bits per heavy atom. The molecule has 2 nitrogen and oxygen atoms in total. The molecule has 0 bridgehead atoms.